The van der Waals surface area contributed by atoms with E-state index in [1.807, 2.05) is 0 Å². The van der Waals surface area contributed by atoms with Crippen LogP contribution in [-0.4, -0.2) is 31.6 Å². The molecule has 1 atom stereocenters. The van der Waals surface area contributed by atoms with Crippen molar-refractivity contribution in [2.75, 3.05) is 12.0 Å². The summed E-state index contributed by atoms with van der Waals surface area (Å²) in [5.74, 6) is -0.206. The van der Waals surface area contributed by atoms with Crippen LogP contribution in [0.4, 0.5) is 0 Å². The van der Waals surface area contributed by atoms with Crippen LogP contribution in [0.15, 0.2) is 12.1 Å². The summed E-state index contributed by atoms with van der Waals surface area (Å²) in [5.41, 5.74) is 0. The molecule has 0 saturated carbocycles. The SMILES string of the molecule is CS(=O)(=O)CC(O)Cc1ccc(Cl)s1. The summed E-state index contributed by atoms with van der Waals surface area (Å²) in [7, 11) is -3.12. The van der Waals surface area contributed by atoms with Gasteiger partial charge in [-0.05, 0) is 12.1 Å². The number of halogens is 1. The second-order valence-corrected chi connectivity index (χ2v) is 7.14. The number of rotatable bonds is 4. The van der Waals surface area contributed by atoms with Gasteiger partial charge >= 0.3 is 0 Å². The molecule has 0 bridgehead atoms. The van der Waals surface area contributed by atoms with Crippen molar-refractivity contribution in [1.82, 2.24) is 0 Å². The molecule has 0 aromatic carbocycles. The van der Waals surface area contributed by atoms with Crippen molar-refractivity contribution in [3.05, 3.63) is 21.3 Å². The Labute approximate surface area is 92.3 Å². The third-order valence-electron chi connectivity index (χ3n) is 1.56. The van der Waals surface area contributed by atoms with Gasteiger partial charge in [-0.3, -0.25) is 0 Å². The Hall–Kier alpha value is -0.100. The lowest BCUT2D eigenvalue weighted by Crippen LogP contribution is -2.21. The number of aliphatic hydroxyl groups excluding tert-OH is 1. The van der Waals surface area contributed by atoms with E-state index in [9.17, 15) is 13.5 Å². The molecule has 1 aromatic rings. The minimum absolute atomic E-state index is 0.206. The van der Waals surface area contributed by atoms with Crippen LogP contribution in [0.3, 0.4) is 0 Å². The van der Waals surface area contributed by atoms with Gasteiger partial charge in [0.1, 0.15) is 9.84 Å². The molecule has 3 nitrogen and oxygen atoms in total. The van der Waals surface area contributed by atoms with E-state index in [4.69, 9.17) is 11.6 Å². The lowest BCUT2D eigenvalue weighted by atomic mass is 10.2. The minimum atomic E-state index is -3.12. The summed E-state index contributed by atoms with van der Waals surface area (Å²) < 4.78 is 22.4. The van der Waals surface area contributed by atoms with Crippen LogP contribution in [0.1, 0.15) is 4.88 Å². The molecule has 14 heavy (non-hydrogen) atoms. The average molecular weight is 255 g/mol. The fraction of sp³-hybridized carbons (Fsp3) is 0.500. The van der Waals surface area contributed by atoms with Crippen molar-refractivity contribution in [2.45, 2.75) is 12.5 Å². The highest BCUT2D eigenvalue weighted by atomic mass is 35.5. The molecule has 80 valence electrons. The Balaban J connectivity index is 2.53. The lowest BCUT2D eigenvalue weighted by molar-refractivity contribution is 0.199. The van der Waals surface area contributed by atoms with Gasteiger partial charge in [0.25, 0.3) is 0 Å². The van der Waals surface area contributed by atoms with E-state index in [2.05, 4.69) is 0 Å². The summed E-state index contributed by atoms with van der Waals surface area (Å²) in [6.07, 6.45) is 0.599. The van der Waals surface area contributed by atoms with E-state index in [1.54, 1.807) is 12.1 Å². The minimum Gasteiger partial charge on any atom is -0.392 e. The van der Waals surface area contributed by atoms with Crippen LogP contribution < -0.4 is 0 Å². The zero-order chi connectivity index (χ0) is 10.8. The van der Waals surface area contributed by atoms with Gasteiger partial charge in [-0.1, -0.05) is 11.6 Å². The quantitative estimate of drug-likeness (QED) is 0.883. The van der Waals surface area contributed by atoms with Crippen LogP contribution in [-0.2, 0) is 16.3 Å². The van der Waals surface area contributed by atoms with Crippen molar-refractivity contribution >= 4 is 32.8 Å². The molecule has 0 amide bonds. The van der Waals surface area contributed by atoms with Gasteiger partial charge in [-0.2, -0.15) is 0 Å². The Morgan fingerprint density at radius 2 is 2.21 bits per heavy atom. The van der Waals surface area contributed by atoms with Crippen molar-refractivity contribution in [3.63, 3.8) is 0 Å². The van der Waals surface area contributed by atoms with Crippen molar-refractivity contribution in [3.8, 4) is 0 Å². The van der Waals surface area contributed by atoms with E-state index in [0.29, 0.717) is 10.8 Å². The molecule has 1 unspecified atom stereocenters. The van der Waals surface area contributed by atoms with Crippen LogP contribution >= 0.6 is 22.9 Å². The largest absolute Gasteiger partial charge is 0.392 e. The molecule has 0 aliphatic heterocycles. The maximum absolute atomic E-state index is 10.9. The molecule has 0 aliphatic rings. The second-order valence-electron chi connectivity index (χ2n) is 3.16. The molecule has 0 radical (unpaired) electrons. The summed E-state index contributed by atoms with van der Waals surface area (Å²) >= 11 is 7.05. The standard InChI is InChI=1S/C8H11ClO3S2/c1-14(11,12)5-6(10)4-7-2-3-8(9)13-7/h2-3,6,10H,4-5H2,1H3. The number of thiophene rings is 1. The molecule has 1 rings (SSSR count). The van der Waals surface area contributed by atoms with Crippen LogP contribution in [0.25, 0.3) is 0 Å². The Morgan fingerprint density at radius 3 is 2.64 bits per heavy atom. The second kappa shape index (κ2) is 4.61. The van der Waals surface area contributed by atoms with Crippen molar-refractivity contribution < 1.29 is 13.5 Å². The highest BCUT2D eigenvalue weighted by Crippen LogP contribution is 2.22. The van der Waals surface area contributed by atoms with Gasteiger partial charge in [0.15, 0.2) is 0 Å². The first kappa shape index (κ1) is 12.0. The molecule has 1 heterocycles. The van der Waals surface area contributed by atoms with E-state index in [1.165, 1.54) is 11.3 Å². The summed E-state index contributed by atoms with van der Waals surface area (Å²) in [6, 6.07) is 3.52. The third kappa shape index (κ3) is 4.41. The highest BCUT2D eigenvalue weighted by Gasteiger charge is 2.13. The molecular formula is C8H11ClO3S2. The van der Waals surface area contributed by atoms with Crippen LogP contribution in [0.2, 0.25) is 4.34 Å². The van der Waals surface area contributed by atoms with Gasteiger partial charge in [0.2, 0.25) is 0 Å². The number of sulfone groups is 1. The zero-order valence-electron chi connectivity index (χ0n) is 7.60. The Bertz CT molecular complexity index is 396. The molecule has 0 spiro atoms. The van der Waals surface area contributed by atoms with Gasteiger partial charge < -0.3 is 5.11 Å². The van der Waals surface area contributed by atoms with Gasteiger partial charge in [-0.25, -0.2) is 8.42 Å². The van der Waals surface area contributed by atoms with E-state index < -0.39 is 15.9 Å². The summed E-state index contributed by atoms with van der Waals surface area (Å²) in [5, 5.41) is 9.43. The Morgan fingerprint density at radius 1 is 1.57 bits per heavy atom. The molecule has 6 heteroatoms. The first-order chi connectivity index (χ1) is 6.37. The summed E-state index contributed by atoms with van der Waals surface area (Å²) in [6.45, 7) is 0. The maximum atomic E-state index is 10.9. The molecule has 0 fully saturated rings. The van der Waals surface area contributed by atoms with Crippen molar-refractivity contribution in [2.24, 2.45) is 0 Å². The smallest absolute Gasteiger partial charge is 0.150 e. The molecular weight excluding hydrogens is 244 g/mol. The molecule has 0 saturated heterocycles. The van der Waals surface area contributed by atoms with Gasteiger partial charge in [0.05, 0.1) is 16.2 Å². The average Bonchev–Trinajstić information content (AvgIpc) is 2.30. The van der Waals surface area contributed by atoms with Crippen LogP contribution in [0.5, 0.6) is 0 Å². The molecule has 0 aliphatic carbocycles. The molecule has 1 aromatic heterocycles. The third-order valence-corrected chi connectivity index (χ3v) is 3.80. The zero-order valence-corrected chi connectivity index (χ0v) is 9.99. The summed E-state index contributed by atoms with van der Waals surface area (Å²) in [4.78, 5) is 0.895. The maximum Gasteiger partial charge on any atom is 0.150 e. The van der Waals surface area contributed by atoms with Crippen LogP contribution in [0, 0.1) is 0 Å². The fourth-order valence-corrected chi connectivity index (χ4v) is 3.08. The molecule has 1 N–H and O–H groups in total. The lowest BCUT2D eigenvalue weighted by Gasteiger charge is -2.06. The normalized spacial score (nSPS) is 14.2. The van der Waals surface area contributed by atoms with E-state index in [-0.39, 0.29) is 5.75 Å². The first-order valence-electron chi connectivity index (χ1n) is 3.97. The number of hydrogen-bond acceptors (Lipinski definition) is 4. The number of aliphatic hydroxyl groups is 1. The van der Waals surface area contributed by atoms with Crippen molar-refractivity contribution in [1.29, 1.82) is 0 Å². The monoisotopic (exact) mass is 254 g/mol. The first-order valence-corrected chi connectivity index (χ1v) is 7.22. The predicted molar refractivity (Wildman–Crippen MR) is 58.8 cm³/mol. The topological polar surface area (TPSA) is 54.4 Å². The number of hydrogen-bond donors (Lipinski definition) is 1. The van der Waals surface area contributed by atoms with Gasteiger partial charge in [0, 0.05) is 17.6 Å². The van der Waals surface area contributed by atoms with E-state index >= 15 is 0 Å². The van der Waals surface area contributed by atoms with E-state index in [0.717, 1.165) is 11.1 Å². The fourth-order valence-electron chi connectivity index (χ4n) is 1.10. The van der Waals surface area contributed by atoms with Gasteiger partial charge in [-0.15, -0.1) is 11.3 Å². The predicted octanol–water partition coefficient (Wildman–Crippen LogP) is 1.35. The Kier molecular flexibility index (Phi) is 3.94. The highest BCUT2D eigenvalue weighted by molar-refractivity contribution is 7.90.